The molecule has 0 spiro atoms. The lowest BCUT2D eigenvalue weighted by atomic mass is 10.2. The summed E-state index contributed by atoms with van der Waals surface area (Å²) < 4.78 is 2.09. The molecule has 0 radical (unpaired) electrons. The van der Waals surface area contributed by atoms with Gasteiger partial charge in [-0.15, -0.1) is 5.11 Å². The van der Waals surface area contributed by atoms with Crippen LogP contribution in [0.5, 0.6) is 0 Å². The SMILES string of the molecule is CN1C(=S)N=NC1Cc1cccn1C. The fraction of sp³-hybridized carbons (Fsp3) is 0.444. The van der Waals surface area contributed by atoms with Gasteiger partial charge in [0.1, 0.15) is 6.17 Å². The van der Waals surface area contributed by atoms with E-state index in [0.717, 1.165) is 6.42 Å². The van der Waals surface area contributed by atoms with E-state index in [4.69, 9.17) is 12.2 Å². The molecule has 5 heteroatoms. The minimum absolute atomic E-state index is 0.0658. The van der Waals surface area contributed by atoms with Gasteiger partial charge in [-0.3, -0.25) is 0 Å². The Morgan fingerprint density at radius 1 is 1.50 bits per heavy atom. The van der Waals surface area contributed by atoms with Crippen molar-refractivity contribution in [2.45, 2.75) is 12.6 Å². The van der Waals surface area contributed by atoms with E-state index >= 15 is 0 Å². The Kier molecular flexibility index (Phi) is 2.33. The standard InChI is InChI=1S/C9H12N4S/c1-12-5-3-4-7(12)6-8-10-11-9(14)13(8)2/h3-5,8H,6H2,1-2H3. The van der Waals surface area contributed by atoms with Crippen LogP contribution >= 0.6 is 12.2 Å². The number of thiocarbonyl (C=S) groups is 1. The largest absolute Gasteiger partial charge is 0.354 e. The summed E-state index contributed by atoms with van der Waals surface area (Å²) in [7, 11) is 3.95. The van der Waals surface area contributed by atoms with Crippen LogP contribution in [0.3, 0.4) is 0 Å². The van der Waals surface area contributed by atoms with Gasteiger partial charge in [0, 0.05) is 32.4 Å². The van der Waals surface area contributed by atoms with Gasteiger partial charge in [0.25, 0.3) is 0 Å². The van der Waals surface area contributed by atoms with E-state index in [0.29, 0.717) is 5.11 Å². The Hall–Kier alpha value is -1.23. The van der Waals surface area contributed by atoms with Crippen molar-refractivity contribution in [1.29, 1.82) is 0 Å². The maximum atomic E-state index is 5.01. The Bertz CT molecular complexity index is 382. The van der Waals surface area contributed by atoms with E-state index in [2.05, 4.69) is 20.9 Å². The summed E-state index contributed by atoms with van der Waals surface area (Å²) in [5.41, 5.74) is 1.24. The van der Waals surface area contributed by atoms with Crippen LogP contribution in [0.2, 0.25) is 0 Å². The molecule has 0 aliphatic carbocycles. The first-order valence-electron chi connectivity index (χ1n) is 4.46. The third kappa shape index (κ3) is 1.55. The van der Waals surface area contributed by atoms with Gasteiger partial charge in [0.15, 0.2) is 0 Å². The third-order valence-corrected chi connectivity index (χ3v) is 2.84. The monoisotopic (exact) mass is 208 g/mol. The Balaban J connectivity index is 2.10. The van der Waals surface area contributed by atoms with Crippen molar-refractivity contribution in [2.75, 3.05) is 7.05 Å². The van der Waals surface area contributed by atoms with Gasteiger partial charge in [-0.25, -0.2) is 0 Å². The van der Waals surface area contributed by atoms with E-state index in [9.17, 15) is 0 Å². The van der Waals surface area contributed by atoms with E-state index in [-0.39, 0.29) is 6.17 Å². The van der Waals surface area contributed by atoms with Gasteiger partial charge in [0.2, 0.25) is 5.11 Å². The molecule has 74 valence electrons. The third-order valence-electron chi connectivity index (χ3n) is 2.47. The molecule has 1 aromatic rings. The second-order valence-corrected chi connectivity index (χ2v) is 3.77. The predicted molar refractivity (Wildman–Crippen MR) is 58.1 cm³/mol. The van der Waals surface area contributed by atoms with Crippen molar-refractivity contribution in [3.63, 3.8) is 0 Å². The average molecular weight is 208 g/mol. The lowest BCUT2D eigenvalue weighted by molar-refractivity contribution is 0.392. The Morgan fingerprint density at radius 3 is 2.79 bits per heavy atom. The van der Waals surface area contributed by atoms with Crippen LogP contribution in [0.15, 0.2) is 28.6 Å². The lowest BCUT2D eigenvalue weighted by Crippen LogP contribution is -2.30. The fourth-order valence-corrected chi connectivity index (χ4v) is 1.63. The molecule has 1 aliphatic rings. The predicted octanol–water partition coefficient (Wildman–Crippen LogP) is 1.58. The van der Waals surface area contributed by atoms with Crippen LogP contribution in [0.4, 0.5) is 0 Å². The zero-order valence-corrected chi connectivity index (χ0v) is 9.03. The normalized spacial score (nSPS) is 20.9. The number of aryl methyl sites for hydroxylation is 1. The van der Waals surface area contributed by atoms with Gasteiger partial charge in [-0.2, -0.15) is 5.11 Å². The van der Waals surface area contributed by atoms with Crippen LogP contribution in [0.1, 0.15) is 5.69 Å². The molecule has 0 saturated carbocycles. The number of hydrogen-bond acceptors (Lipinski definition) is 2. The molecule has 0 aromatic carbocycles. The van der Waals surface area contributed by atoms with Crippen LogP contribution in [0.25, 0.3) is 0 Å². The van der Waals surface area contributed by atoms with Crippen molar-refractivity contribution >= 4 is 17.3 Å². The molecule has 0 amide bonds. The first kappa shape index (κ1) is 9.33. The highest BCUT2D eigenvalue weighted by atomic mass is 32.1. The first-order chi connectivity index (χ1) is 6.68. The molecule has 4 nitrogen and oxygen atoms in total. The Labute approximate surface area is 88.2 Å². The average Bonchev–Trinajstić information content (AvgIpc) is 2.68. The van der Waals surface area contributed by atoms with Gasteiger partial charge in [-0.05, 0) is 24.4 Å². The van der Waals surface area contributed by atoms with Crippen molar-refractivity contribution in [1.82, 2.24) is 9.47 Å². The minimum atomic E-state index is 0.0658. The fourth-order valence-electron chi connectivity index (χ4n) is 1.46. The summed E-state index contributed by atoms with van der Waals surface area (Å²) in [4.78, 5) is 1.92. The molecule has 0 fully saturated rings. The van der Waals surface area contributed by atoms with Crippen molar-refractivity contribution in [3.8, 4) is 0 Å². The molecule has 14 heavy (non-hydrogen) atoms. The van der Waals surface area contributed by atoms with Gasteiger partial charge < -0.3 is 9.47 Å². The van der Waals surface area contributed by atoms with Crippen molar-refractivity contribution in [2.24, 2.45) is 17.3 Å². The highest BCUT2D eigenvalue weighted by Crippen LogP contribution is 2.15. The zero-order chi connectivity index (χ0) is 10.1. The first-order valence-corrected chi connectivity index (χ1v) is 4.87. The van der Waals surface area contributed by atoms with Gasteiger partial charge in [0.05, 0.1) is 0 Å². The topological polar surface area (TPSA) is 32.9 Å². The number of aromatic nitrogens is 1. The van der Waals surface area contributed by atoms with E-state index in [1.54, 1.807) is 0 Å². The summed E-state index contributed by atoms with van der Waals surface area (Å²) in [6, 6.07) is 4.12. The molecule has 0 saturated heterocycles. The second-order valence-electron chi connectivity index (χ2n) is 3.40. The molecule has 1 unspecified atom stereocenters. The number of nitrogens with zero attached hydrogens (tertiary/aromatic N) is 4. The number of likely N-dealkylation sites (N-methyl/N-ethyl adjacent to an activating group) is 1. The van der Waals surface area contributed by atoms with Crippen molar-refractivity contribution in [3.05, 3.63) is 24.0 Å². The summed E-state index contributed by atoms with van der Waals surface area (Å²) >= 11 is 5.01. The summed E-state index contributed by atoms with van der Waals surface area (Å²) in [5, 5.41) is 8.57. The van der Waals surface area contributed by atoms with Crippen molar-refractivity contribution < 1.29 is 0 Å². The number of azo groups is 1. The Morgan fingerprint density at radius 2 is 2.29 bits per heavy atom. The molecule has 1 aromatic heterocycles. The molecule has 0 bridgehead atoms. The highest BCUT2D eigenvalue weighted by Gasteiger charge is 2.23. The summed E-state index contributed by atoms with van der Waals surface area (Å²) in [6.45, 7) is 0. The molecule has 0 N–H and O–H groups in total. The van der Waals surface area contributed by atoms with Crippen LogP contribution in [0, 0.1) is 0 Å². The summed E-state index contributed by atoms with van der Waals surface area (Å²) in [6.07, 6.45) is 2.94. The number of hydrogen-bond donors (Lipinski definition) is 0. The highest BCUT2D eigenvalue weighted by molar-refractivity contribution is 7.80. The minimum Gasteiger partial charge on any atom is -0.354 e. The summed E-state index contributed by atoms with van der Waals surface area (Å²) in [5.74, 6) is 0. The van der Waals surface area contributed by atoms with Gasteiger partial charge >= 0.3 is 0 Å². The molecule has 1 aliphatic heterocycles. The lowest BCUT2D eigenvalue weighted by Gasteiger charge is -2.17. The van der Waals surface area contributed by atoms with E-state index in [1.807, 2.05) is 31.3 Å². The van der Waals surface area contributed by atoms with Crippen LogP contribution in [-0.4, -0.2) is 27.8 Å². The van der Waals surface area contributed by atoms with Crippen LogP contribution in [-0.2, 0) is 13.5 Å². The second kappa shape index (κ2) is 3.49. The zero-order valence-electron chi connectivity index (χ0n) is 8.21. The van der Waals surface area contributed by atoms with E-state index in [1.165, 1.54) is 5.69 Å². The van der Waals surface area contributed by atoms with E-state index < -0.39 is 0 Å². The number of rotatable bonds is 2. The maximum Gasteiger partial charge on any atom is 0.217 e. The smallest absolute Gasteiger partial charge is 0.217 e. The van der Waals surface area contributed by atoms with Gasteiger partial charge in [-0.1, -0.05) is 0 Å². The molecule has 2 heterocycles. The molecule has 2 rings (SSSR count). The van der Waals surface area contributed by atoms with Crippen LogP contribution < -0.4 is 0 Å². The maximum absolute atomic E-state index is 5.01. The molecule has 1 atom stereocenters. The quantitative estimate of drug-likeness (QED) is 0.691. The molecular weight excluding hydrogens is 196 g/mol. The molecular formula is C9H12N4S.